The normalized spacial score (nSPS) is 17.5. The van der Waals surface area contributed by atoms with E-state index < -0.39 is 0 Å². The lowest BCUT2D eigenvalue weighted by Gasteiger charge is -2.28. The first-order chi connectivity index (χ1) is 19.1. The van der Waals surface area contributed by atoms with Crippen molar-refractivity contribution in [1.82, 2.24) is 24.7 Å². The summed E-state index contributed by atoms with van der Waals surface area (Å²) < 4.78 is 7.02. The Balaban J connectivity index is 1.26. The molecule has 2 aromatic carbocycles. The molecule has 1 aliphatic carbocycles. The van der Waals surface area contributed by atoms with E-state index in [0.29, 0.717) is 24.2 Å². The summed E-state index contributed by atoms with van der Waals surface area (Å²) in [5.74, 6) is 2.23. The number of hydrogen-bond donors (Lipinski definition) is 2. The van der Waals surface area contributed by atoms with Gasteiger partial charge in [-0.15, -0.1) is 0 Å². The number of carbonyl (C=O) groups is 1. The molecule has 1 saturated carbocycles. The molecule has 8 nitrogen and oxygen atoms in total. The van der Waals surface area contributed by atoms with E-state index in [1.807, 2.05) is 30.6 Å². The highest BCUT2D eigenvalue weighted by atomic mass is 16.5. The Hall–Kier alpha value is -4.30. The number of pyridine rings is 1. The van der Waals surface area contributed by atoms with Gasteiger partial charge in [-0.05, 0) is 43.7 Å². The molecule has 8 heteroatoms. The fourth-order valence-electron chi connectivity index (χ4n) is 5.59. The summed E-state index contributed by atoms with van der Waals surface area (Å²) in [6.07, 6.45) is 7.99. The van der Waals surface area contributed by atoms with E-state index in [1.54, 1.807) is 0 Å². The Morgan fingerprint density at radius 3 is 2.59 bits per heavy atom. The van der Waals surface area contributed by atoms with Crippen molar-refractivity contribution in [3.63, 3.8) is 0 Å². The predicted octanol–water partition coefficient (Wildman–Crippen LogP) is 5.23. The number of carbonyl (C=O) groups excluding carboxylic acids is 1. The molecule has 0 bridgehead atoms. The second-order valence-corrected chi connectivity index (χ2v) is 10.3. The van der Waals surface area contributed by atoms with Crippen LogP contribution in [-0.2, 0) is 9.53 Å². The van der Waals surface area contributed by atoms with Gasteiger partial charge in [-0.3, -0.25) is 9.20 Å². The number of rotatable bonds is 7. The zero-order chi connectivity index (χ0) is 26.8. The van der Waals surface area contributed by atoms with Crippen LogP contribution in [0.3, 0.4) is 0 Å². The molecular weight excluding hydrogens is 488 g/mol. The average Bonchev–Trinajstić information content (AvgIpc) is 3.41. The standard InChI is InChI=1S/C31H32N6O2/c1-39-19-29(38)33-16-20-7-9-23(10-8-20)31-34-17-28-30(32)36-27(18-37(28)31)24-12-11-22-13-14-25(35-26(22)15-24)21-5-3-2-4-6-21/h2-6,11-15,17-18,20,23H,7-10,16,19H2,1H3,(H2,32,36)(H,33,38)/t20-,23-. The number of nitrogen functional groups attached to an aromatic ring is 1. The molecule has 1 aliphatic rings. The maximum Gasteiger partial charge on any atom is 0.245 e. The van der Waals surface area contributed by atoms with E-state index in [2.05, 4.69) is 52.2 Å². The highest BCUT2D eigenvalue weighted by Gasteiger charge is 2.26. The van der Waals surface area contributed by atoms with Crippen LogP contribution in [0.25, 0.3) is 38.9 Å². The van der Waals surface area contributed by atoms with Crippen molar-refractivity contribution in [3.05, 3.63) is 78.9 Å². The summed E-state index contributed by atoms with van der Waals surface area (Å²) in [6, 6.07) is 20.6. The number of fused-ring (bicyclic) bond motifs is 2. The van der Waals surface area contributed by atoms with Crippen LogP contribution >= 0.6 is 0 Å². The zero-order valence-electron chi connectivity index (χ0n) is 22.0. The van der Waals surface area contributed by atoms with E-state index in [1.165, 1.54) is 7.11 Å². The molecule has 1 amide bonds. The fraction of sp³-hybridized carbons (Fsp3) is 0.290. The number of anilines is 1. The van der Waals surface area contributed by atoms with E-state index in [0.717, 1.165) is 70.4 Å². The van der Waals surface area contributed by atoms with Crippen molar-refractivity contribution in [2.24, 2.45) is 5.92 Å². The molecule has 0 unspecified atom stereocenters. The molecule has 6 rings (SSSR count). The minimum atomic E-state index is -0.0606. The second kappa shape index (κ2) is 10.8. The van der Waals surface area contributed by atoms with Gasteiger partial charge in [-0.2, -0.15) is 0 Å². The first kappa shape index (κ1) is 25.0. The van der Waals surface area contributed by atoms with E-state index >= 15 is 0 Å². The van der Waals surface area contributed by atoms with Crippen LogP contribution in [0, 0.1) is 5.92 Å². The van der Waals surface area contributed by atoms with E-state index in [9.17, 15) is 4.79 Å². The molecule has 39 heavy (non-hydrogen) atoms. The van der Waals surface area contributed by atoms with Gasteiger partial charge in [0.05, 0.1) is 23.1 Å². The smallest absolute Gasteiger partial charge is 0.245 e. The summed E-state index contributed by atoms with van der Waals surface area (Å²) in [6.45, 7) is 0.801. The van der Waals surface area contributed by atoms with Gasteiger partial charge in [0.1, 0.15) is 23.8 Å². The number of hydrogen-bond acceptors (Lipinski definition) is 6. The number of ether oxygens (including phenoxy) is 1. The van der Waals surface area contributed by atoms with Crippen LogP contribution in [0.1, 0.15) is 37.4 Å². The summed E-state index contributed by atoms with van der Waals surface area (Å²) in [4.78, 5) is 26.2. The first-order valence-corrected chi connectivity index (χ1v) is 13.4. The van der Waals surface area contributed by atoms with Gasteiger partial charge < -0.3 is 15.8 Å². The molecule has 198 valence electrons. The van der Waals surface area contributed by atoms with Crippen LogP contribution in [-0.4, -0.2) is 45.5 Å². The lowest BCUT2D eigenvalue weighted by Crippen LogP contribution is -2.33. The van der Waals surface area contributed by atoms with Crippen LogP contribution in [0.5, 0.6) is 0 Å². The van der Waals surface area contributed by atoms with Gasteiger partial charge >= 0.3 is 0 Å². The van der Waals surface area contributed by atoms with Crippen molar-refractivity contribution in [3.8, 4) is 22.5 Å². The maximum atomic E-state index is 11.7. The zero-order valence-corrected chi connectivity index (χ0v) is 22.0. The van der Waals surface area contributed by atoms with Gasteiger partial charge in [0.2, 0.25) is 5.91 Å². The predicted molar refractivity (Wildman–Crippen MR) is 153 cm³/mol. The third-order valence-electron chi connectivity index (χ3n) is 7.71. The molecule has 0 spiro atoms. The molecule has 0 atom stereocenters. The molecule has 1 fully saturated rings. The monoisotopic (exact) mass is 520 g/mol. The quantitative estimate of drug-likeness (QED) is 0.304. The Morgan fingerprint density at radius 1 is 1.00 bits per heavy atom. The van der Waals surface area contributed by atoms with E-state index in [4.69, 9.17) is 25.4 Å². The summed E-state index contributed by atoms with van der Waals surface area (Å²) in [5, 5.41) is 4.05. The highest BCUT2D eigenvalue weighted by Crippen LogP contribution is 2.36. The molecule has 5 aromatic rings. The fourth-order valence-corrected chi connectivity index (χ4v) is 5.59. The highest BCUT2D eigenvalue weighted by molar-refractivity contribution is 5.86. The Kier molecular flexibility index (Phi) is 6.94. The van der Waals surface area contributed by atoms with Gasteiger partial charge in [0.25, 0.3) is 0 Å². The van der Waals surface area contributed by atoms with Crippen LogP contribution in [0.2, 0.25) is 0 Å². The van der Waals surface area contributed by atoms with Crippen LogP contribution in [0.4, 0.5) is 5.82 Å². The van der Waals surface area contributed by atoms with E-state index in [-0.39, 0.29) is 12.5 Å². The van der Waals surface area contributed by atoms with Crippen molar-refractivity contribution in [2.75, 3.05) is 26.0 Å². The molecule has 0 aliphatic heterocycles. The number of aromatic nitrogens is 4. The Bertz CT molecular complexity index is 1620. The number of methoxy groups -OCH3 is 1. The maximum absolute atomic E-state index is 11.7. The number of imidazole rings is 1. The number of benzene rings is 2. The Morgan fingerprint density at radius 2 is 1.79 bits per heavy atom. The number of nitrogens with zero attached hydrogens (tertiary/aromatic N) is 4. The molecule has 0 saturated heterocycles. The molecular formula is C31H32N6O2. The second-order valence-electron chi connectivity index (χ2n) is 10.3. The van der Waals surface area contributed by atoms with Crippen molar-refractivity contribution >= 4 is 28.1 Å². The third kappa shape index (κ3) is 5.20. The molecule has 3 aromatic heterocycles. The first-order valence-electron chi connectivity index (χ1n) is 13.4. The Labute approximate surface area is 227 Å². The van der Waals surface area contributed by atoms with Gasteiger partial charge in [0.15, 0.2) is 0 Å². The summed E-state index contributed by atoms with van der Waals surface area (Å²) >= 11 is 0. The van der Waals surface area contributed by atoms with Gasteiger partial charge in [-0.25, -0.2) is 15.0 Å². The van der Waals surface area contributed by atoms with Gasteiger partial charge in [0, 0.05) is 42.3 Å². The third-order valence-corrected chi connectivity index (χ3v) is 7.71. The minimum Gasteiger partial charge on any atom is -0.382 e. The number of nitrogens with one attached hydrogen (secondary N) is 1. The van der Waals surface area contributed by atoms with Crippen molar-refractivity contribution in [2.45, 2.75) is 31.6 Å². The minimum absolute atomic E-state index is 0.0606. The lowest BCUT2D eigenvalue weighted by molar-refractivity contribution is -0.124. The average molecular weight is 521 g/mol. The van der Waals surface area contributed by atoms with Crippen molar-refractivity contribution < 1.29 is 9.53 Å². The molecule has 3 N–H and O–H groups in total. The summed E-state index contributed by atoms with van der Waals surface area (Å²) in [7, 11) is 1.53. The lowest BCUT2D eigenvalue weighted by atomic mass is 9.81. The van der Waals surface area contributed by atoms with Crippen molar-refractivity contribution in [1.29, 1.82) is 0 Å². The SMILES string of the molecule is COCC(=O)NC[C@H]1CC[C@H](c2ncc3c(N)nc(-c4ccc5ccc(-c6ccccc6)nc5c4)cn32)CC1. The van der Waals surface area contributed by atoms with Crippen LogP contribution < -0.4 is 11.1 Å². The van der Waals surface area contributed by atoms with Crippen LogP contribution in [0.15, 0.2) is 73.1 Å². The topological polar surface area (TPSA) is 107 Å². The van der Waals surface area contributed by atoms with Gasteiger partial charge in [-0.1, -0.05) is 48.5 Å². The molecule has 3 heterocycles. The summed E-state index contributed by atoms with van der Waals surface area (Å²) in [5.41, 5.74) is 11.9. The number of nitrogens with two attached hydrogens (primary N) is 1. The number of amides is 1. The molecule has 0 radical (unpaired) electrons. The largest absolute Gasteiger partial charge is 0.382 e.